The highest BCUT2D eigenvalue weighted by Gasteiger charge is 2.05. The van der Waals surface area contributed by atoms with Gasteiger partial charge in [0.1, 0.15) is 0 Å². The van der Waals surface area contributed by atoms with E-state index in [1.807, 2.05) is 0 Å². The summed E-state index contributed by atoms with van der Waals surface area (Å²) in [5, 5.41) is 0. The van der Waals surface area contributed by atoms with E-state index in [9.17, 15) is 0 Å². The van der Waals surface area contributed by atoms with E-state index in [1.165, 1.54) is 42.7 Å². The summed E-state index contributed by atoms with van der Waals surface area (Å²) in [6.07, 6.45) is 5.15. The predicted molar refractivity (Wildman–Crippen MR) is 66.5 cm³/mol. The van der Waals surface area contributed by atoms with Crippen LogP contribution in [0.15, 0.2) is 24.3 Å². The maximum atomic E-state index is 5.57. The zero-order chi connectivity index (χ0) is 11.1. The maximum Gasteiger partial charge on any atom is 0.0178 e. The SMILES string of the molecule is CCCCC[C](C)c1ccc(CN)cc1. The molecule has 0 bridgehead atoms. The van der Waals surface area contributed by atoms with Gasteiger partial charge in [0.2, 0.25) is 0 Å². The second-order valence-corrected chi connectivity index (χ2v) is 4.14. The van der Waals surface area contributed by atoms with Crippen molar-refractivity contribution in [2.45, 2.75) is 46.1 Å². The van der Waals surface area contributed by atoms with Crippen molar-refractivity contribution in [2.75, 3.05) is 0 Å². The fourth-order valence-corrected chi connectivity index (χ4v) is 1.71. The average molecular weight is 204 g/mol. The van der Waals surface area contributed by atoms with Gasteiger partial charge in [-0.1, -0.05) is 57.4 Å². The van der Waals surface area contributed by atoms with Crippen LogP contribution in [0.5, 0.6) is 0 Å². The number of nitrogens with two attached hydrogens (primary N) is 1. The molecule has 0 saturated carbocycles. The third kappa shape index (κ3) is 4.05. The minimum Gasteiger partial charge on any atom is -0.326 e. The number of unbranched alkanes of at least 4 members (excludes halogenated alkanes) is 2. The fourth-order valence-electron chi connectivity index (χ4n) is 1.71. The highest BCUT2D eigenvalue weighted by atomic mass is 14.5. The average Bonchev–Trinajstić information content (AvgIpc) is 2.29. The molecule has 1 aromatic carbocycles. The molecule has 1 nitrogen and oxygen atoms in total. The second-order valence-electron chi connectivity index (χ2n) is 4.14. The van der Waals surface area contributed by atoms with Gasteiger partial charge in [0.15, 0.2) is 0 Å². The molecule has 0 aliphatic rings. The lowest BCUT2D eigenvalue weighted by Crippen LogP contribution is -1.98. The van der Waals surface area contributed by atoms with Gasteiger partial charge < -0.3 is 5.73 Å². The van der Waals surface area contributed by atoms with Crippen LogP contribution in [-0.4, -0.2) is 0 Å². The Kier molecular flexibility index (Phi) is 5.41. The summed E-state index contributed by atoms with van der Waals surface area (Å²) in [6.45, 7) is 5.10. The van der Waals surface area contributed by atoms with Gasteiger partial charge in [-0.2, -0.15) is 0 Å². The fraction of sp³-hybridized carbons (Fsp3) is 0.500. The number of hydrogen-bond acceptors (Lipinski definition) is 1. The Hall–Kier alpha value is -0.820. The van der Waals surface area contributed by atoms with Crippen molar-refractivity contribution in [1.29, 1.82) is 0 Å². The van der Waals surface area contributed by atoms with Crippen molar-refractivity contribution in [3.05, 3.63) is 41.3 Å². The standard InChI is InChI=1S/C14H22N/c1-3-4-5-6-12(2)14-9-7-13(11-15)8-10-14/h7-10H,3-6,11,15H2,1-2H3. The Morgan fingerprint density at radius 2 is 1.80 bits per heavy atom. The molecule has 0 aliphatic carbocycles. The summed E-state index contributed by atoms with van der Waals surface area (Å²) in [6, 6.07) is 8.62. The molecule has 0 heterocycles. The van der Waals surface area contributed by atoms with E-state index in [2.05, 4.69) is 38.1 Å². The van der Waals surface area contributed by atoms with Crippen LogP contribution in [0.2, 0.25) is 0 Å². The van der Waals surface area contributed by atoms with Crippen LogP contribution >= 0.6 is 0 Å². The summed E-state index contributed by atoms with van der Waals surface area (Å²) < 4.78 is 0. The highest BCUT2D eigenvalue weighted by Crippen LogP contribution is 2.21. The summed E-state index contributed by atoms with van der Waals surface area (Å²) >= 11 is 0. The van der Waals surface area contributed by atoms with E-state index in [1.54, 1.807) is 0 Å². The molecule has 0 aliphatic heterocycles. The van der Waals surface area contributed by atoms with Crippen molar-refractivity contribution >= 4 is 0 Å². The summed E-state index contributed by atoms with van der Waals surface area (Å²) in [5.74, 6) is 1.49. The quantitative estimate of drug-likeness (QED) is 0.703. The van der Waals surface area contributed by atoms with E-state index in [0.717, 1.165) is 0 Å². The summed E-state index contributed by atoms with van der Waals surface area (Å²) in [5.41, 5.74) is 8.14. The zero-order valence-electron chi connectivity index (χ0n) is 9.92. The van der Waals surface area contributed by atoms with Crippen molar-refractivity contribution in [1.82, 2.24) is 0 Å². The number of benzene rings is 1. The van der Waals surface area contributed by atoms with Crippen LogP contribution in [-0.2, 0) is 6.54 Å². The first-order valence-corrected chi connectivity index (χ1v) is 5.89. The molecule has 1 rings (SSSR count). The minimum absolute atomic E-state index is 0.634. The molecule has 0 unspecified atom stereocenters. The molecule has 1 radical (unpaired) electrons. The molecule has 0 saturated heterocycles. The Morgan fingerprint density at radius 3 is 2.33 bits per heavy atom. The van der Waals surface area contributed by atoms with Gasteiger partial charge in [-0.3, -0.25) is 0 Å². The molecule has 0 atom stereocenters. The van der Waals surface area contributed by atoms with Crippen LogP contribution in [0.25, 0.3) is 0 Å². The lowest BCUT2D eigenvalue weighted by Gasteiger charge is -2.11. The van der Waals surface area contributed by atoms with Gasteiger partial charge in [0, 0.05) is 12.5 Å². The molecular formula is C14H22N. The molecule has 0 amide bonds. The van der Waals surface area contributed by atoms with Crippen LogP contribution in [0.3, 0.4) is 0 Å². The lowest BCUT2D eigenvalue weighted by molar-refractivity contribution is 0.685. The monoisotopic (exact) mass is 204 g/mol. The molecule has 0 aromatic heterocycles. The minimum atomic E-state index is 0.634. The molecule has 83 valence electrons. The third-order valence-corrected chi connectivity index (χ3v) is 2.84. The Morgan fingerprint density at radius 1 is 1.13 bits per heavy atom. The van der Waals surface area contributed by atoms with Crippen molar-refractivity contribution < 1.29 is 0 Å². The molecule has 0 fully saturated rings. The second kappa shape index (κ2) is 6.62. The predicted octanol–water partition coefficient (Wildman–Crippen LogP) is 3.67. The molecule has 1 aromatic rings. The molecular weight excluding hydrogens is 182 g/mol. The largest absolute Gasteiger partial charge is 0.326 e. The zero-order valence-corrected chi connectivity index (χ0v) is 9.92. The van der Waals surface area contributed by atoms with E-state index >= 15 is 0 Å². The van der Waals surface area contributed by atoms with Gasteiger partial charge in [-0.25, -0.2) is 0 Å². The van der Waals surface area contributed by atoms with Crippen molar-refractivity contribution in [2.24, 2.45) is 5.73 Å². The summed E-state index contributed by atoms with van der Waals surface area (Å²) in [4.78, 5) is 0. The highest BCUT2D eigenvalue weighted by molar-refractivity contribution is 5.32. The van der Waals surface area contributed by atoms with Gasteiger partial charge >= 0.3 is 0 Å². The first-order valence-electron chi connectivity index (χ1n) is 5.89. The Balaban J connectivity index is 2.46. The van der Waals surface area contributed by atoms with Crippen LogP contribution in [0.4, 0.5) is 0 Å². The van der Waals surface area contributed by atoms with Crippen molar-refractivity contribution in [3.63, 3.8) is 0 Å². The van der Waals surface area contributed by atoms with Crippen LogP contribution in [0.1, 0.15) is 50.7 Å². The Bertz CT molecular complexity index is 263. The van der Waals surface area contributed by atoms with Gasteiger partial charge in [0.25, 0.3) is 0 Å². The summed E-state index contributed by atoms with van der Waals surface area (Å²) in [7, 11) is 0. The smallest absolute Gasteiger partial charge is 0.0178 e. The first kappa shape index (κ1) is 12.3. The topological polar surface area (TPSA) is 26.0 Å². The maximum absolute atomic E-state index is 5.57. The van der Waals surface area contributed by atoms with E-state index in [0.29, 0.717) is 6.54 Å². The lowest BCUT2D eigenvalue weighted by atomic mass is 9.94. The van der Waals surface area contributed by atoms with Crippen LogP contribution in [0, 0.1) is 5.92 Å². The van der Waals surface area contributed by atoms with E-state index in [4.69, 9.17) is 5.73 Å². The normalized spacial score (nSPS) is 10.9. The van der Waals surface area contributed by atoms with Gasteiger partial charge in [0.05, 0.1) is 0 Å². The Labute approximate surface area is 93.7 Å². The molecule has 15 heavy (non-hydrogen) atoms. The first-order chi connectivity index (χ1) is 7.27. The molecule has 0 spiro atoms. The van der Waals surface area contributed by atoms with Crippen molar-refractivity contribution in [3.8, 4) is 0 Å². The third-order valence-electron chi connectivity index (χ3n) is 2.84. The number of rotatable bonds is 6. The molecule has 1 heteroatoms. The van der Waals surface area contributed by atoms with Crippen LogP contribution < -0.4 is 5.73 Å². The molecule has 2 N–H and O–H groups in total. The number of hydrogen-bond donors (Lipinski definition) is 1. The van der Waals surface area contributed by atoms with E-state index in [-0.39, 0.29) is 0 Å². The van der Waals surface area contributed by atoms with E-state index < -0.39 is 0 Å². The van der Waals surface area contributed by atoms with Gasteiger partial charge in [-0.05, 0) is 17.5 Å². The van der Waals surface area contributed by atoms with Gasteiger partial charge in [-0.15, -0.1) is 0 Å².